The first-order chi connectivity index (χ1) is 13.5. The maximum absolute atomic E-state index is 12.8. The number of hydrogen-bond acceptors (Lipinski definition) is 3. The maximum atomic E-state index is 12.8. The van der Waals surface area contributed by atoms with Gasteiger partial charge in [-0.05, 0) is 66.5 Å². The summed E-state index contributed by atoms with van der Waals surface area (Å²) in [7, 11) is 0. The highest BCUT2D eigenvalue weighted by atomic mass is 35.5. The van der Waals surface area contributed by atoms with Crippen molar-refractivity contribution in [2.75, 3.05) is 0 Å². The van der Waals surface area contributed by atoms with Crippen molar-refractivity contribution in [1.29, 1.82) is 0 Å². The van der Waals surface area contributed by atoms with Gasteiger partial charge in [0, 0.05) is 17.1 Å². The third-order valence-corrected chi connectivity index (χ3v) is 5.60. The molecule has 1 amide bonds. The number of nitrogens with zero attached hydrogens (tertiary/aromatic N) is 1. The van der Waals surface area contributed by atoms with Crippen molar-refractivity contribution in [1.82, 2.24) is 14.9 Å². The number of carbonyl (C=O) groups excluding carboxylic acids is 1. The van der Waals surface area contributed by atoms with Crippen LogP contribution in [-0.2, 0) is 13.0 Å². The molecule has 7 heteroatoms. The minimum Gasteiger partial charge on any atom is -0.345 e. The van der Waals surface area contributed by atoms with Crippen LogP contribution in [-0.4, -0.2) is 15.5 Å². The molecule has 1 atom stereocenters. The van der Waals surface area contributed by atoms with Crippen molar-refractivity contribution in [3.05, 3.63) is 85.9 Å². The lowest BCUT2D eigenvalue weighted by molar-refractivity contribution is 0.0937. The lowest BCUT2D eigenvalue weighted by Crippen LogP contribution is -2.27. The Labute approximate surface area is 171 Å². The number of nitrogens with one attached hydrogen (secondary N) is 2. The molecule has 0 radical (unpaired) electrons. The van der Waals surface area contributed by atoms with Crippen LogP contribution in [0.1, 0.15) is 33.9 Å². The summed E-state index contributed by atoms with van der Waals surface area (Å²) in [6.45, 7) is 3.98. The number of aromatic amines is 1. The molecule has 2 aromatic carbocycles. The highest BCUT2D eigenvalue weighted by Crippen LogP contribution is 2.33. The summed E-state index contributed by atoms with van der Waals surface area (Å²) in [4.78, 5) is 28.4. The van der Waals surface area contributed by atoms with Crippen molar-refractivity contribution in [3.63, 3.8) is 0 Å². The summed E-state index contributed by atoms with van der Waals surface area (Å²) in [5.74, 6) is -0.190. The number of allylic oxidation sites excluding steroid dienone is 1. The zero-order valence-electron chi connectivity index (χ0n) is 15.0. The molecule has 0 bridgehead atoms. The van der Waals surface area contributed by atoms with Crippen LogP contribution >= 0.6 is 23.8 Å². The lowest BCUT2D eigenvalue weighted by Gasteiger charge is -2.15. The van der Waals surface area contributed by atoms with Crippen LogP contribution in [0.15, 0.2) is 53.8 Å². The molecular formula is C21H18ClN3O2S. The average molecular weight is 412 g/mol. The second-order valence-electron chi connectivity index (χ2n) is 6.80. The molecule has 142 valence electrons. The normalized spacial score (nSPS) is 15.4. The highest BCUT2D eigenvalue weighted by Gasteiger charge is 2.24. The van der Waals surface area contributed by atoms with E-state index in [1.165, 1.54) is 10.1 Å². The van der Waals surface area contributed by atoms with E-state index >= 15 is 0 Å². The molecule has 28 heavy (non-hydrogen) atoms. The molecule has 1 heterocycles. The number of halogens is 1. The second-order valence-corrected chi connectivity index (χ2v) is 7.63. The van der Waals surface area contributed by atoms with Crippen LogP contribution in [0.25, 0.3) is 10.9 Å². The van der Waals surface area contributed by atoms with Crippen molar-refractivity contribution in [2.24, 2.45) is 0 Å². The molecule has 1 aliphatic carbocycles. The summed E-state index contributed by atoms with van der Waals surface area (Å²) in [5, 5.41) is 4.26. The molecule has 0 aliphatic heterocycles. The molecule has 0 spiro atoms. The van der Waals surface area contributed by atoms with E-state index in [0.29, 0.717) is 32.8 Å². The number of benzene rings is 2. The molecule has 1 aliphatic rings. The van der Waals surface area contributed by atoms with Crippen molar-refractivity contribution in [3.8, 4) is 0 Å². The third kappa shape index (κ3) is 3.30. The molecule has 2 N–H and O–H groups in total. The Bertz CT molecular complexity index is 1230. The van der Waals surface area contributed by atoms with Gasteiger partial charge in [-0.15, -0.1) is 6.58 Å². The van der Waals surface area contributed by atoms with Gasteiger partial charge in [-0.1, -0.05) is 23.7 Å². The zero-order chi connectivity index (χ0) is 19.8. The fraction of sp³-hybridized carbons (Fsp3) is 0.190. The number of H-pyrrole nitrogens is 1. The number of aryl methyl sites for hydroxylation is 1. The molecule has 1 unspecified atom stereocenters. The van der Waals surface area contributed by atoms with Crippen LogP contribution in [0.4, 0.5) is 0 Å². The predicted octanol–water partition coefficient (Wildman–Crippen LogP) is 4.32. The van der Waals surface area contributed by atoms with Gasteiger partial charge in [0.1, 0.15) is 0 Å². The Morgan fingerprint density at radius 2 is 2.18 bits per heavy atom. The number of aromatic nitrogens is 2. The van der Waals surface area contributed by atoms with Gasteiger partial charge in [-0.2, -0.15) is 0 Å². The van der Waals surface area contributed by atoms with Gasteiger partial charge in [-0.3, -0.25) is 14.2 Å². The van der Waals surface area contributed by atoms with E-state index in [1.54, 1.807) is 24.3 Å². The van der Waals surface area contributed by atoms with Gasteiger partial charge in [0.05, 0.1) is 16.9 Å². The van der Waals surface area contributed by atoms with Crippen molar-refractivity contribution in [2.45, 2.75) is 25.4 Å². The molecule has 1 aromatic heterocycles. The lowest BCUT2D eigenvalue weighted by atomic mass is 10.1. The third-order valence-electron chi connectivity index (χ3n) is 5.04. The Balaban J connectivity index is 1.64. The van der Waals surface area contributed by atoms with E-state index in [0.717, 1.165) is 18.4 Å². The Morgan fingerprint density at radius 1 is 1.36 bits per heavy atom. The van der Waals surface area contributed by atoms with E-state index in [-0.39, 0.29) is 17.5 Å². The first kappa shape index (κ1) is 18.7. The largest absolute Gasteiger partial charge is 0.345 e. The Kier molecular flexibility index (Phi) is 4.91. The Hall–Kier alpha value is -2.70. The molecular weight excluding hydrogens is 394 g/mol. The fourth-order valence-electron chi connectivity index (χ4n) is 3.67. The predicted molar refractivity (Wildman–Crippen MR) is 114 cm³/mol. The van der Waals surface area contributed by atoms with Crippen LogP contribution in [0.2, 0.25) is 5.02 Å². The van der Waals surface area contributed by atoms with Gasteiger partial charge in [-0.25, -0.2) is 0 Å². The molecule has 3 aromatic rings. The number of hydrogen-bond donors (Lipinski definition) is 2. The summed E-state index contributed by atoms with van der Waals surface area (Å²) in [6, 6.07) is 10.7. The Morgan fingerprint density at radius 3 is 2.96 bits per heavy atom. The number of carbonyl (C=O) groups is 1. The standard InChI is InChI=1S/C21H18ClN3O2S/c1-2-9-25-20(27)16-6-3-13(11-18(16)24-21(25)28)19(26)23-17-8-4-12-10-14(22)5-7-15(12)17/h2-3,5-7,10-11,17H,1,4,8-9H2,(H,23,26)(H,24,28). The smallest absolute Gasteiger partial charge is 0.262 e. The molecule has 4 rings (SSSR count). The monoisotopic (exact) mass is 411 g/mol. The summed E-state index contributed by atoms with van der Waals surface area (Å²) >= 11 is 11.3. The highest BCUT2D eigenvalue weighted by molar-refractivity contribution is 7.71. The molecule has 5 nitrogen and oxygen atoms in total. The number of rotatable bonds is 4. The van der Waals surface area contributed by atoms with Crippen molar-refractivity contribution < 1.29 is 4.79 Å². The summed E-state index contributed by atoms with van der Waals surface area (Å²) < 4.78 is 1.74. The van der Waals surface area contributed by atoms with Crippen molar-refractivity contribution >= 4 is 40.6 Å². The molecule has 0 fully saturated rings. The fourth-order valence-corrected chi connectivity index (χ4v) is 4.13. The van der Waals surface area contributed by atoms with E-state index in [2.05, 4.69) is 16.9 Å². The number of amides is 1. The van der Waals surface area contributed by atoms with Gasteiger partial charge in [0.2, 0.25) is 0 Å². The van der Waals surface area contributed by atoms with Crippen LogP contribution in [0, 0.1) is 4.77 Å². The van der Waals surface area contributed by atoms with Gasteiger partial charge in [0.25, 0.3) is 11.5 Å². The second kappa shape index (κ2) is 7.37. The van der Waals surface area contributed by atoms with Crippen LogP contribution in [0.3, 0.4) is 0 Å². The van der Waals surface area contributed by atoms with E-state index in [9.17, 15) is 9.59 Å². The number of fused-ring (bicyclic) bond motifs is 2. The van der Waals surface area contributed by atoms with E-state index in [1.807, 2.05) is 18.2 Å². The van der Waals surface area contributed by atoms with E-state index < -0.39 is 0 Å². The van der Waals surface area contributed by atoms with Gasteiger partial charge in [0.15, 0.2) is 4.77 Å². The zero-order valence-corrected chi connectivity index (χ0v) is 16.6. The first-order valence-electron chi connectivity index (χ1n) is 8.95. The van der Waals surface area contributed by atoms with Crippen LogP contribution < -0.4 is 10.9 Å². The van der Waals surface area contributed by atoms with Crippen LogP contribution in [0.5, 0.6) is 0 Å². The summed E-state index contributed by atoms with van der Waals surface area (Å²) in [5.41, 5.74) is 3.09. The molecule has 0 saturated carbocycles. The summed E-state index contributed by atoms with van der Waals surface area (Å²) in [6.07, 6.45) is 3.34. The van der Waals surface area contributed by atoms with E-state index in [4.69, 9.17) is 23.8 Å². The minimum atomic E-state index is -0.202. The average Bonchev–Trinajstić information content (AvgIpc) is 3.06. The van der Waals surface area contributed by atoms with Gasteiger partial charge >= 0.3 is 0 Å². The SMILES string of the molecule is C=CCn1c(=S)[nH]c2cc(C(=O)NC3CCc4cc(Cl)ccc43)ccc2c1=O. The molecule has 0 saturated heterocycles. The van der Waals surface area contributed by atoms with Gasteiger partial charge < -0.3 is 10.3 Å². The minimum absolute atomic E-state index is 0.0467. The quantitative estimate of drug-likeness (QED) is 0.496. The first-order valence-corrected chi connectivity index (χ1v) is 9.73. The maximum Gasteiger partial charge on any atom is 0.262 e. The topological polar surface area (TPSA) is 66.9 Å².